The van der Waals surface area contributed by atoms with Gasteiger partial charge in [0, 0.05) is 18.7 Å². The van der Waals surface area contributed by atoms with Gasteiger partial charge < -0.3 is 19.8 Å². The predicted octanol–water partition coefficient (Wildman–Crippen LogP) is 4.39. The van der Waals surface area contributed by atoms with Gasteiger partial charge in [-0.3, -0.25) is 4.90 Å². The summed E-state index contributed by atoms with van der Waals surface area (Å²) >= 11 is 6.58. The lowest BCUT2D eigenvalue weighted by atomic mass is 9.74. The molecule has 0 unspecified atom stereocenters. The molecule has 156 valence electrons. The van der Waals surface area contributed by atoms with Gasteiger partial charge in [-0.1, -0.05) is 30.9 Å². The van der Waals surface area contributed by atoms with Crippen molar-refractivity contribution in [2.75, 3.05) is 25.6 Å². The molecule has 3 aliphatic rings. The number of ether oxygens (including phenoxy) is 1. The highest BCUT2D eigenvalue weighted by molar-refractivity contribution is 6.35. The maximum absolute atomic E-state index is 12.4. The van der Waals surface area contributed by atoms with E-state index in [-0.39, 0.29) is 6.03 Å². The topological polar surface area (TPSA) is 79.6 Å². The van der Waals surface area contributed by atoms with Gasteiger partial charge in [-0.25, -0.2) is 9.78 Å². The molecule has 2 amide bonds. The van der Waals surface area contributed by atoms with Gasteiger partial charge in [0.25, 0.3) is 0 Å². The van der Waals surface area contributed by atoms with Crippen LogP contribution in [-0.4, -0.2) is 42.2 Å². The van der Waals surface area contributed by atoms with E-state index < -0.39 is 5.54 Å². The number of oxazole rings is 1. The van der Waals surface area contributed by atoms with Crippen LogP contribution in [0.4, 0.5) is 10.5 Å². The average molecular weight is 419 g/mol. The standard InChI is InChI=1S/C21H27ClN4O3/c1-28-12-13-6-5-9-26(13)11-16-23-15-10-14(22)18-17(19(15)29-16)21(25-20(27)24-18)7-3-2-4-8-21/h10,13H,2-9,11-12H2,1H3,(H2,24,25,27)/t13-/m1/s1. The lowest BCUT2D eigenvalue weighted by Crippen LogP contribution is -2.52. The van der Waals surface area contributed by atoms with Crippen LogP contribution < -0.4 is 10.6 Å². The monoisotopic (exact) mass is 418 g/mol. The van der Waals surface area contributed by atoms with Gasteiger partial charge in [0.05, 0.1) is 29.4 Å². The number of halogens is 1. The fraction of sp³-hybridized carbons (Fsp3) is 0.619. The van der Waals surface area contributed by atoms with Gasteiger partial charge in [0.15, 0.2) is 5.58 Å². The third-order valence-electron chi connectivity index (χ3n) is 6.65. The Morgan fingerprint density at radius 3 is 2.97 bits per heavy atom. The van der Waals surface area contributed by atoms with E-state index in [1.807, 2.05) is 6.07 Å². The number of nitrogens with zero attached hydrogens (tertiary/aromatic N) is 2. The molecule has 2 N–H and O–H groups in total. The maximum atomic E-state index is 12.4. The van der Waals surface area contributed by atoms with Gasteiger partial charge >= 0.3 is 6.03 Å². The second kappa shape index (κ2) is 7.45. The van der Waals surface area contributed by atoms with E-state index in [9.17, 15) is 4.79 Å². The number of anilines is 1. The van der Waals surface area contributed by atoms with Crippen molar-refractivity contribution in [2.45, 2.75) is 63.1 Å². The molecule has 1 aliphatic carbocycles. The van der Waals surface area contributed by atoms with Crippen LogP contribution in [0.5, 0.6) is 0 Å². The highest BCUT2D eigenvalue weighted by atomic mass is 35.5. The number of likely N-dealkylation sites (tertiary alicyclic amines) is 1. The van der Waals surface area contributed by atoms with E-state index >= 15 is 0 Å². The number of rotatable bonds is 4. The number of nitrogens with one attached hydrogen (secondary N) is 2. The van der Waals surface area contributed by atoms with Crippen LogP contribution >= 0.6 is 11.6 Å². The van der Waals surface area contributed by atoms with Gasteiger partial charge in [0.2, 0.25) is 5.89 Å². The lowest BCUT2D eigenvalue weighted by Gasteiger charge is -2.42. The number of urea groups is 1. The molecular formula is C21H27ClN4O3. The first kappa shape index (κ1) is 19.2. The van der Waals surface area contributed by atoms with Crippen LogP contribution in [0.15, 0.2) is 10.5 Å². The molecule has 1 saturated carbocycles. The van der Waals surface area contributed by atoms with Crippen molar-refractivity contribution < 1.29 is 13.9 Å². The maximum Gasteiger partial charge on any atom is 0.319 e. The SMILES string of the molecule is COC[C@H]1CCCN1Cc1nc2cc(Cl)c3c(c2o1)C1(CCCCC1)NC(=O)N3. The Labute approximate surface area is 175 Å². The Hall–Kier alpha value is -1.83. The largest absolute Gasteiger partial charge is 0.439 e. The molecular weight excluding hydrogens is 392 g/mol. The molecule has 2 aromatic rings. The number of aromatic nitrogens is 1. The predicted molar refractivity (Wildman–Crippen MR) is 111 cm³/mol. The highest BCUT2D eigenvalue weighted by Gasteiger charge is 2.44. The van der Waals surface area contributed by atoms with E-state index in [2.05, 4.69) is 15.5 Å². The summed E-state index contributed by atoms with van der Waals surface area (Å²) in [4.78, 5) is 19.5. The first-order chi connectivity index (χ1) is 14.1. The Kier molecular flexibility index (Phi) is 4.92. The third kappa shape index (κ3) is 3.29. The Morgan fingerprint density at radius 1 is 1.34 bits per heavy atom. The summed E-state index contributed by atoms with van der Waals surface area (Å²) in [7, 11) is 1.75. The van der Waals surface area contributed by atoms with Crippen molar-refractivity contribution in [2.24, 2.45) is 0 Å². The summed E-state index contributed by atoms with van der Waals surface area (Å²) in [6, 6.07) is 2.01. The normalized spacial score (nSPS) is 23.9. The summed E-state index contributed by atoms with van der Waals surface area (Å²) in [5.41, 5.74) is 2.71. The summed E-state index contributed by atoms with van der Waals surface area (Å²) in [6.45, 7) is 2.40. The molecule has 1 spiro atoms. The first-order valence-corrected chi connectivity index (χ1v) is 10.9. The van der Waals surface area contributed by atoms with E-state index in [4.69, 9.17) is 25.7 Å². The van der Waals surface area contributed by atoms with Crippen LogP contribution in [0.1, 0.15) is 56.4 Å². The molecule has 1 atom stereocenters. The van der Waals surface area contributed by atoms with E-state index in [1.165, 1.54) is 6.42 Å². The van der Waals surface area contributed by atoms with Gasteiger partial charge in [-0.05, 0) is 38.3 Å². The number of hydrogen-bond donors (Lipinski definition) is 2. The quantitative estimate of drug-likeness (QED) is 0.769. The second-order valence-electron chi connectivity index (χ2n) is 8.51. The smallest absolute Gasteiger partial charge is 0.319 e. The second-order valence-corrected chi connectivity index (χ2v) is 8.92. The van der Waals surface area contributed by atoms with Crippen LogP contribution in [0, 0.1) is 0 Å². The number of carbonyl (C=O) groups is 1. The van der Waals surface area contributed by atoms with Gasteiger partial charge in [0.1, 0.15) is 5.52 Å². The fourth-order valence-corrected chi connectivity index (χ4v) is 5.58. The molecule has 0 bridgehead atoms. The van der Waals surface area contributed by atoms with Crippen molar-refractivity contribution in [3.05, 3.63) is 22.5 Å². The minimum atomic E-state index is -0.428. The minimum absolute atomic E-state index is 0.195. The van der Waals surface area contributed by atoms with Crippen LogP contribution in [0.25, 0.3) is 11.1 Å². The van der Waals surface area contributed by atoms with Crippen molar-refractivity contribution >= 4 is 34.4 Å². The number of benzene rings is 1. The molecule has 8 heteroatoms. The summed E-state index contributed by atoms with van der Waals surface area (Å²) in [5, 5.41) is 6.61. The molecule has 29 heavy (non-hydrogen) atoms. The van der Waals surface area contributed by atoms with Crippen LogP contribution in [-0.2, 0) is 16.8 Å². The number of hydrogen-bond acceptors (Lipinski definition) is 5. The van der Waals surface area contributed by atoms with E-state index in [0.29, 0.717) is 29.2 Å². The third-order valence-corrected chi connectivity index (χ3v) is 6.95. The van der Waals surface area contributed by atoms with E-state index in [1.54, 1.807) is 7.11 Å². The van der Waals surface area contributed by atoms with Crippen molar-refractivity contribution in [3.8, 4) is 0 Å². The van der Waals surface area contributed by atoms with Gasteiger partial charge in [-0.2, -0.15) is 0 Å². The summed E-state index contributed by atoms with van der Waals surface area (Å²) in [6.07, 6.45) is 7.40. The molecule has 2 fully saturated rings. The number of carbonyl (C=O) groups excluding carboxylic acids is 1. The average Bonchev–Trinajstić information content (AvgIpc) is 3.29. The van der Waals surface area contributed by atoms with Crippen molar-refractivity contribution in [3.63, 3.8) is 0 Å². The molecule has 1 saturated heterocycles. The lowest BCUT2D eigenvalue weighted by molar-refractivity contribution is 0.107. The molecule has 2 aliphatic heterocycles. The number of fused-ring (bicyclic) bond motifs is 4. The fourth-order valence-electron chi connectivity index (χ4n) is 5.34. The van der Waals surface area contributed by atoms with Gasteiger partial charge in [-0.15, -0.1) is 0 Å². The van der Waals surface area contributed by atoms with Crippen LogP contribution in [0.2, 0.25) is 5.02 Å². The molecule has 3 heterocycles. The Bertz CT molecular complexity index is 938. The zero-order valence-electron chi connectivity index (χ0n) is 16.7. The van der Waals surface area contributed by atoms with Crippen LogP contribution in [0.3, 0.4) is 0 Å². The molecule has 1 aromatic carbocycles. The first-order valence-electron chi connectivity index (χ1n) is 10.5. The summed E-state index contributed by atoms with van der Waals surface area (Å²) in [5.74, 6) is 0.690. The molecule has 0 radical (unpaired) electrons. The van der Waals surface area contributed by atoms with Crippen molar-refractivity contribution in [1.82, 2.24) is 15.2 Å². The molecule has 5 rings (SSSR count). The molecule has 1 aromatic heterocycles. The molecule has 7 nitrogen and oxygen atoms in total. The Balaban J connectivity index is 1.56. The minimum Gasteiger partial charge on any atom is -0.439 e. The van der Waals surface area contributed by atoms with E-state index in [0.717, 1.165) is 68.3 Å². The highest BCUT2D eigenvalue weighted by Crippen LogP contribution is 2.48. The number of amides is 2. The summed E-state index contributed by atoms with van der Waals surface area (Å²) < 4.78 is 11.7. The zero-order valence-corrected chi connectivity index (χ0v) is 17.5. The number of methoxy groups -OCH3 is 1. The zero-order chi connectivity index (χ0) is 20.0. The van der Waals surface area contributed by atoms with Crippen molar-refractivity contribution in [1.29, 1.82) is 0 Å². The Morgan fingerprint density at radius 2 is 2.17 bits per heavy atom.